The van der Waals surface area contributed by atoms with Gasteiger partial charge in [-0.2, -0.15) is 0 Å². The molecule has 0 bridgehead atoms. The molecule has 1 atom stereocenters. The molecule has 1 aliphatic rings. The van der Waals surface area contributed by atoms with Gasteiger partial charge in [0, 0.05) is 20.6 Å². The third kappa shape index (κ3) is 4.70. The van der Waals surface area contributed by atoms with Gasteiger partial charge in [0.2, 0.25) is 0 Å². The first-order valence-corrected chi connectivity index (χ1v) is 13.6. The molecule has 0 N–H and O–H groups in total. The van der Waals surface area contributed by atoms with E-state index in [1.807, 2.05) is 60.7 Å². The molecule has 5 rings (SSSR count). The largest absolute Gasteiger partial charge is 0.463 e. The monoisotopic (exact) mass is 626 g/mol. The standard InChI is InChI=1S/C27H20Br2N2O4S/c1-3-34-26(33)23-15(2)30-27-31(24(23)17-6-10-19(29)11-7-17)25(32)22(36-27)14-20-12-13-21(35-20)16-4-8-18(28)9-5-16/h4-14,24H,3H2,1-2H3/b22-14-/t24-/m0/s1. The van der Waals surface area contributed by atoms with Gasteiger partial charge in [-0.1, -0.05) is 67.5 Å². The topological polar surface area (TPSA) is 73.8 Å². The zero-order chi connectivity index (χ0) is 25.4. The van der Waals surface area contributed by atoms with Crippen LogP contribution in [0.2, 0.25) is 0 Å². The molecular formula is C27H20Br2N2O4S. The molecule has 0 saturated carbocycles. The number of ether oxygens (including phenoxy) is 1. The van der Waals surface area contributed by atoms with E-state index in [1.165, 1.54) is 11.3 Å². The van der Waals surface area contributed by atoms with Crippen molar-refractivity contribution in [2.24, 2.45) is 4.99 Å². The summed E-state index contributed by atoms with van der Waals surface area (Å²) in [5.74, 6) is 0.778. The Morgan fingerprint density at radius 2 is 1.75 bits per heavy atom. The van der Waals surface area contributed by atoms with Crippen molar-refractivity contribution in [3.05, 3.63) is 112 Å². The van der Waals surface area contributed by atoms with E-state index >= 15 is 0 Å². The lowest BCUT2D eigenvalue weighted by Gasteiger charge is -2.24. The van der Waals surface area contributed by atoms with Crippen LogP contribution in [0.1, 0.15) is 31.2 Å². The van der Waals surface area contributed by atoms with Gasteiger partial charge in [0.05, 0.1) is 28.5 Å². The molecule has 0 unspecified atom stereocenters. The Hall–Kier alpha value is -3.01. The molecule has 1 aliphatic heterocycles. The lowest BCUT2D eigenvalue weighted by atomic mass is 9.96. The van der Waals surface area contributed by atoms with E-state index < -0.39 is 12.0 Å². The van der Waals surface area contributed by atoms with Crippen molar-refractivity contribution in [3.8, 4) is 11.3 Å². The van der Waals surface area contributed by atoms with Crippen LogP contribution in [-0.2, 0) is 9.53 Å². The van der Waals surface area contributed by atoms with Crippen molar-refractivity contribution in [2.45, 2.75) is 19.9 Å². The van der Waals surface area contributed by atoms with Crippen LogP contribution < -0.4 is 14.9 Å². The van der Waals surface area contributed by atoms with E-state index in [1.54, 1.807) is 24.5 Å². The van der Waals surface area contributed by atoms with Crippen LogP contribution >= 0.6 is 43.2 Å². The van der Waals surface area contributed by atoms with Crippen molar-refractivity contribution in [2.75, 3.05) is 6.61 Å². The molecule has 0 radical (unpaired) electrons. The quantitative estimate of drug-likeness (QED) is 0.271. The van der Waals surface area contributed by atoms with Gasteiger partial charge in [-0.15, -0.1) is 0 Å². The van der Waals surface area contributed by atoms with Gasteiger partial charge >= 0.3 is 5.97 Å². The first kappa shape index (κ1) is 24.7. The van der Waals surface area contributed by atoms with Crippen molar-refractivity contribution < 1.29 is 13.9 Å². The highest BCUT2D eigenvalue weighted by atomic mass is 79.9. The number of carbonyl (C=O) groups is 1. The number of rotatable bonds is 5. The molecule has 36 heavy (non-hydrogen) atoms. The normalized spacial score (nSPS) is 15.6. The van der Waals surface area contributed by atoms with Crippen LogP contribution in [-0.4, -0.2) is 17.1 Å². The number of furan rings is 1. The summed E-state index contributed by atoms with van der Waals surface area (Å²) in [6.07, 6.45) is 1.72. The molecule has 9 heteroatoms. The maximum Gasteiger partial charge on any atom is 0.338 e. The average Bonchev–Trinajstić information content (AvgIpc) is 3.44. The fraction of sp³-hybridized carbons (Fsp3) is 0.148. The minimum absolute atomic E-state index is 0.228. The maximum absolute atomic E-state index is 13.7. The van der Waals surface area contributed by atoms with E-state index in [9.17, 15) is 9.59 Å². The summed E-state index contributed by atoms with van der Waals surface area (Å²) in [6.45, 7) is 3.75. The summed E-state index contributed by atoms with van der Waals surface area (Å²) in [6, 6.07) is 18.4. The zero-order valence-electron chi connectivity index (χ0n) is 19.3. The summed E-state index contributed by atoms with van der Waals surface area (Å²) in [5, 5.41) is 0. The van der Waals surface area contributed by atoms with Crippen LogP contribution in [0.5, 0.6) is 0 Å². The van der Waals surface area contributed by atoms with E-state index in [0.29, 0.717) is 32.1 Å². The summed E-state index contributed by atoms with van der Waals surface area (Å²) < 4.78 is 15.3. The fourth-order valence-corrected chi connectivity index (χ4v) is 5.64. The molecule has 3 heterocycles. The van der Waals surface area contributed by atoms with Gasteiger partial charge in [-0.05, 0) is 55.8 Å². The third-order valence-electron chi connectivity index (χ3n) is 5.73. The van der Waals surface area contributed by atoms with E-state index in [2.05, 4.69) is 36.9 Å². The molecule has 2 aromatic heterocycles. The number of allylic oxidation sites excluding steroid dienone is 1. The van der Waals surface area contributed by atoms with Crippen molar-refractivity contribution in [3.63, 3.8) is 0 Å². The number of hydrogen-bond acceptors (Lipinski definition) is 6. The van der Waals surface area contributed by atoms with E-state index in [0.717, 1.165) is 20.1 Å². The molecular weight excluding hydrogens is 608 g/mol. The van der Waals surface area contributed by atoms with Crippen LogP contribution in [0.25, 0.3) is 17.4 Å². The Labute approximate surface area is 227 Å². The second-order valence-corrected chi connectivity index (χ2v) is 10.9. The van der Waals surface area contributed by atoms with Gasteiger partial charge < -0.3 is 9.15 Å². The Morgan fingerprint density at radius 1 is 1.08 bits per heavy atom. The molecule has 6 nitrogen and oxygen atoms in total. The van der Waals surface area contributed by atoms with Gasteiger partial charge in [0.15, 0.2) is 4.80 Å². The zero-order valence-corrected chi connectivity index (χ0v) is 23.3. The van der Waals surface area contributed by atoms with Crippen LogP contribution in [0.4, 0.5) is 0 Å². The molecule has 0 fully saturated rings. The summed E-state index contributed by atoms with van der Waals surface area (Å²) in [4.78, 5) is 31.7. The number of fused-ring (bicyclic) bond motifs is 1. The number of hydrogen-bond donors (Lipinski definition) is 0. The van der Waals surface area contributed by atoms with Crippen molar-refractivity contribution in [1.82, 2.24) is 4.57 Å². The average molecular weight is 628 g/mol. The SMILES string of the molecule is CCOC(=O)C1=C(C)N=c2s/c(=C\c3ccc(-c4ccc(Br)cc4)o3)c(=O)n2[C@H]1c1ccc(Br)cc1. The van der Waals surface area contributed by atoms with Crippen molar-refractivity contribution in [1.29, 1.82) is 0 Å². The molecule has 0 spiro atoms. The molecule has 0 saturated heterocycles. The number of nitrogens with zero attached hydrogens (tertiary/aromatic N) is 2. The highest BCUT2D eigenvalue weighted by molar-refractivity contribution is 9.10. The molecule has 182 valence electrons. The molecule has 4 aromatic rings. The maximum atomic E-state index is 13.7. The van der Waals surface area contributed by atoms with Gasteiger partial charge in [0.25, 0.3) is 5.56 Å². The number of benzene rings is 2. The van der Waals surface area contributed by atoms with E-state index in [4.69, 9.17) is 9.15 Å². The highest BCUT2D eigenvalue weighted by Gasteiger charge is 2.33. The number of esters is 1. The van der Waals surface area contributed by atoms with Gasteiger partial charge in [0.1, 0.15) is 11.5 Å². The first-order chi connectivity index (χ1) is 17.4. The second kappa shape index (κ2) is 10.2. The minimum atomic E-state index is -0.648. The fourth-order valence-electron chi connectivity index (χ4n) is 4.08. The number of carbonyl (C=O) groups excluding carboxylic acids is 1. The minimum Gasteiger partial charge on any atom is -0.463 e. The van der Waals surface area contributed by atoms with Gasteiger partial charge in [-0.25, -0.2) is 9.79 Å². The molecule has 0 amide bonds. The molecule has 0 aliphatic carbocycles. The van der Waals surface area contributed by atoms with E-state index in [-0.39, 0.29) is 12.2 Å². The number of halogens is 2. The summed E-state index contributed by atoms with van der Waals surface area (Å²) in [5.41, 5.74) is 2.36. The van der Waals surface area contributed by atoms with Crippen LogP contribution in [0, 0.1) is 0 Å². The third-order valence-corrected chi connectivity index (χ3v) is 7.77. The Kier molecular flexibility index (Phi) is 6.96. The smallest absolute Gasteiger partial charge is 0.338 e. The number of thiazole rings is 1. The summed E-state index contributed by atoms with van der Waals surface area (Å²) >= 11 is 8.15. The number of aromatic nitrogens is 1. The predicted octanol–water partition coefficient (Wildman–Crippen LogP) is 5.58. The molecule has 2 aromatic carbocycles. The van der Waals surface area contributed by atoms with Gasteiger partial charge in [-0.3, -0.25) is 9.36 Å². The van der Waals surface area contributed by atoms with Crippen molar-refractivity contribution >= 4 is 55.2 Å². The second-order valence-electron chi connectivity index (χ2n) is 8.06. The summed E-state index contributed by atoms with van der Waals surface area (Å²) in [7, 11) is 0. The lowest BCUT2D eigenvalue weighted by molar-refractivity contribution is -0.139. The first-order valence-electron chi connectivity index (χ1n) is 11.2. The predicted molar refractivity (Wildman–Crippen MR) is 146 cm³/mol. The lowest BCUT2D eigenvalue weighted by Crippen LogP contribution is -2.39. The Balaban J connectivity index is 1.63. The Morgan fingerprint density at radius 3 is 2.42 bits per heavy atom. The van der Waals surface area contributed by atoms with Crippen LogP contribution in [0.15, 0.2) is 95.1 Å². The van der Waals surface area contributed by atoms with Crippen LogP contribution in [0.3, 0.4) is 0 Å². The Bertz CT molecular complexity index is 1660. The highest BCUT2D eigenvalue weighted by Crippen LogP contribution is 2.31.